The van der Waals surface area contributed by atoms with Gasteiger partial charge in [-0.1, -0.05) is 28.1 Å². The van der Waals surface area contributed by atoms with Gasteiger partial charge in [-0.05, 0) is 36.8 Å². The number of benzene rings is 2. The van der Waals surface area contributed by atoms with E-state index in [4.69, 9.17) is 5.73 Å². The molecule has 5 heteroatoms. The summed E-state index contributed by atoms with van der Waals surface area (Å²) in [6, 6.07) is 10.4. The second kappa shape index (κ2) is 6.26. The largest absolute Gasteiger partial charge is 0.398 e. The minimum Gasteiger partial charge on any atom is -0.398 e. The number of rotatable bonds is 3. The van der Waals surface area contributed by atoms with Gasteiger partial charge in [0.05, 0.1) is 0 Å². The summed E-state index contributed by atoms with van der Waals surface area (Å²) < 4.78 is 14.7. The summed E-state index contributed by atoms with van der Waals surface area (Å²) in [6.07, 6.45) is 0. The topological polar surface area (TPSA) is 46.3 Å². The van der Waals surface area contributed by atoms with E-state index in [0.717, 1.165) is 10.0 Å². The fourth-order valence-corrected chi connectivity index (χ4v) is 2.24. The van der Waals surface area contributed by atoms with Crippen LogP contribution in [0.25, 0.3) is 0 Å². The monoisotopic (exact) mass is 350 g/mol. The molecule has 110 valence electrons. The first-order chi connectivity index (χ1) is 9.88. The maximum Gasteiger partial charge on any atom is 0.254 e. The normalized spacial score (nSPS) is 10.5. The van der Waals surface area contributed by atoms with Gasteiger partial charge in [0.15, 0.2) is 0 Å². The molecule has 0 radical (unpaired) electrons. The van der Waals surface area contributed by atoms with Crippen LogP contribution in [-0.4, -0.2) is 17.9 Å². The van der Waals surface area contributed by atoms with Crippen molar-refractivity contribution in [1.82, 2.24) is 4.90 Å². The van der Waals surface area contributed by atoms with E-state index in [0.29, 0.717) is 12.1 Å². The molecule has 0 bridgehead atoms. The summed E-state index contributed by atoms with van der Waals surface area (Å²) >= 11 is 3.36. The Morgan fingerprint density at radius 2 is 1.90 bits per heavy atom. The number of amides is 1. The molecule has 0 saturated carbocycles. The molecule has 2 aromatic rings. The van der Waals surface area contributed by atoms with Gasteiger partial charge in [-0.2, -0.15) is 0 Å². The number of anilines is 1. The quantitative estimate of drug-likeness (QED) is 0.856. The van der Waals surface area contributed by atoms with Crippen LogP contribution in [0.15, 0.2) is 40.9 Å². The summed E-state index contributed by atoms with van der Waals surface area (Å²) in [6.45, 7) is 2.03. The molecular formula is C16H16BrFN2O. The molecule has 3 nitrogen and oxygen atoms in total. The maximum atomic E-state index is 13.7. The van der Waals surface area contributed by atoms with Crippen molar-refractivity contribution in [2.75, 3.05) is 12.8 Å². The van der Waals surface area contributed by atoms with Gasteiger partial charge in [-0.15, -0.1) is 0 Å². The minimum absolute atomic E-state index is 0.259. The molecule has 2 rings (SSSR count). The molecule has 0 aromatic heterocycles. The highest BCUT2D eigenvalue weighted by molar-refractivity contribution is 9.10. The first-order valence-corrected chi connectivity index (χ1v) is 7.23. The van der Waals surface area contributed by atoms with Crippen molar-refractivity contribution in [3.8, 4) is 0 Å². The van der Waals surface area contributed by atoms with Gasteiger partial charge in [-0.3, -0.25) is 4.79 Å². The molecule has 0 unspecified atom stereocenters. The second-order valence-corrected chi connectivity index (χ2v) is 5.88. The lowest BCUT2D eigenvalue weighted by Gasteiger charge is -2.18. The van der Waals surface area contributed by atoms with Crippen molar-refractivity contribution in [3.05, 3.63) is 63.4 Å². The fourth-order valence-electron chi connectivity index (χ4n) is 1.98. The van der Waals surface area contributed by atoms with Crippen molar-refractivity contribution in [1.29, 1.82) is 0 Å². The van der Waals surface area contributed by atoms with Crippen LogP contribution < -0.4 is 5.73 Å². The van der Waals surface area contributed by atoms with E-state index in [9.17, 15) is 9.18 Å². The lowest BCUT2D eigenvalue weighted by molar-refractivity contribution is 0.0784. The number of hydrogen-bond donors (Lipinski definition) is 1. The summed E-state index contributed by atoms with van der Waals surface area (Å²) in [5.74, 6) is -0.723. The van der Waals surface area contributed by atoms with E-state index in [1.165, 1.54) is 17.0 Å². The summed E-state index contributed by atoms with van der Waals surface area (Å²) in [5.41, 5.74) is 7.62. The molecule has 2 aromatic carbocycles. The van der Waals surface area contributed by atoms with Gasteiger partial charge >= 0.3 is 0 Å². The Morgan fingerprint density at radius 3 is 2.48 bits per heavy atom. The Kier molecular flexibility index (Phi) is 4.63. The number of carbonyl (C=O) groups excluding carboxylic acids is 1. The first-order valence-electron chi connectivity index (χ1n) is 6.44. The molecule has 0 saturated heterocycles. The number of nitrogen functional groups attached to an aromatic ring is 1. The summed E-state index contributed by atoms with van der Waals surface area (Å²) in [4.78, 5) is 13.9. The standard InChI is InChI=1S/C16H16BrFN2O/c1-10-14(18)7-12(8-15(10)19)16(21)20(2)9-11-3-5-13(17)6-4-11/h3-8H,9,19H2,1-2H3. The number of nitrogens with two attached hydrogens (primary N) is 1. The molecule has 0 aliphatic rings. The zero-order valence-electron chi connectivity index (χ0n) is 11.9. The van der Waals surface area contributed by atoms with Gasteiger partial charge in [-0.25, -0.2) is 4.39 Å². The Hall–Kier alpha value is -1.88. The molecular weight excluding hydrogens is 335 g/mol. The molecule has 0 spiro atoms. The van der Waals surface area contributed by atoms with Crippen LogP contribution in [0, 0.1) is 12.7 Å². The van der Waals surface area contributed by atoms with E-state index in [2.05, 4.69) is 15.9 Å². The third-order valence-corrected chi connectivity index (χ3v) is 3.84. The molecule has 0 heterocycles. The van der Waals surface area contributed by atoms with Crippen LogP contribution in [-0.2, 0) is 6.54 Å². The Bertz CT molecular complexity index is 647. The molecule has 21 heavy (non-hydrogen) atoms. The van der Waals surface area contributed by atoms with Crippen LogP contribution in [0.3, 0.4) is 0 Å². The van der Waals surface area contributed by atoms with Crippen LogP contribution in [0.2, 0.25) is 0 Å². The lowest BCUT2D eigenvalue weighted by Crippen LogP contribution is -2.26. The Morgan fingerprint density at radius 1 is 1.29 bits per heavy atom. The van der Waals surface area contributed by atoms with Crippen molar-refractivity contribution < 1.29 is 9.18 Å². The van der Waals surface area contributed by atoms with E-state index < -0.39 is 5.82 Å². The van der Waals surface area contributed by atoms with Crippen molar-refractivity contribution in [3.63, 3.8) is 0 Å². The van der Waals surface area contributed by atoms with Gasteiger partial charge in [0.2, 0.25) is 0 Å². The smallest absolute Gasteiger partial charge is 0.254 e. The van der Waals surface area contributed by atoms with Gasteiger partial charge < -0.3 is 10.6 Å². The van der Waals surface area contributed by atoms with E-state index in [-0.39, 0.29) is 17.2 Å². The lowest BCUT2D eigenvalue weighted by atomic mass is 10.1. The Balaban J connectivity index is 2.17. The fraction of sp³-hybridized carbons (Fsp3) is 0.188. The van der Waals surface area contributed by atoms with Crippen molar-refractivity contribution in [2.45, 2.75) is 13.5 Å². The predicted octanol–water partition coefficient (Wildman–Crippen LogP) is 3.75. The van der Waals surface area contributed by atoms with E-state index in [1.54, 1.807) is 14.0 Å². The van der Waals surface area contributed by atoms with Crippen molar-refractivity contribution >= 4 is 27.5 Å². The van der Waals surface area contributed by atoms with E-state index >= 15 is 0 Å². The van der Waals surface area contributed by atoms with Crippen molar-refractivity contribution in [2.24, 2.45) is 0 Å². The molecule has 0 aliphatic heterocycles. The molecule has 0 atom stereocenters. The summed E-state index contributed by atoms with van der Waals surface area (Å²) in [7, 11) is 1.68. The maximum absolute atomic E-state index is 13.7. The van der Waals surface area contributed by atoms with Gasteiger partial charge in [0.1, 0.15) is 5.82 Å². The number of nitrogens with zero attached hydrogens (tertiary/aromatic N) is 1. The number of hydrogen-bond acceptors (Lipinski definition) is 2. The molecule has 2 N–H and O–H groups in total. The Labute approximate surface area is 131 Å². The number of carbonyl (C=O) groups is 1. The van der Waals surface area contributed by atoms with Crippen LogP contribution in [0.5, 0.6) is 0 Å². The van der Waals surface area contributed by atoms with Gasteiger partial charge in [0.25, 0.3) is 5.91 Å². The zero-order valence-corrected chi connectivity index (χ0v) is 13.4. The second-order valence-electron chi connectivity index (χ2n) is 4.96. The SMILES string of the molecule is Cc1c(N)cc(C(=O)N(C)Cc2ccc(Br)cc2)cc1F. The first kappa shape index (κ1) is 15.5. The van der Waals surface area contributed by atoms with Crippen LogP contribution in [0.1, 0.15) is 21.5 Å². The number of halogens is 2. The molecule has 0 fully saturated rings. The third kappa shape index (κ3) is 3.61. The average Bonchev–Trinajstić information content (AvgIpc) is 2.45. The highest BCUT2D eigenvalue weighted by Crippen LogP contribution is 2.19. The van der Waals surface area contributed by atoms with Crippen LogP contribution >= 0.6 is 15.9 Å². The highest BCUT2D eigenvalue weighted by Gasteiger charge is 2.15. The van der Waals surface area contributed by atoms with E-state index in [1.807, 2.05) is 24.3 Å². The molecule has 1 amide bonds. The highest BCUT2D eigenvalue weighted by atomic mass is 79.9. The predicted molar refractivity (Wildman–Crippen MR) is 85.5 cm³/mol. The third-order valence-electron chi connectivity index (χ3n) is 3.31. The average molecular weight is 351 g/mol. The zero-order chi connectivity index (χ0) is 15.6. The van der Waals surface area contributed by atoms with Gasteiger partial charge in [0, 0.05) is 34.9 Å². The van der Waals surface area contributed by atoms with Crippen LogP contribution in [0.4, 0.5) is 10.1 Å². The molecule has 0 aliphatic carbocycles. The minimum atomic E-state index is -0.463. The summed E-state index contributed by atoms with van der Waals surface area (Å²) in [5, 5.41) is 0.